The van der Waals surface area contributed by atoms with Crippen LogP contribution in [-0.2, 0) is 38.6 Å². The number of amides is 2. The molecule has 1 atom stereocenters. The Morgan fingerprint density at radius 1 is 1.15 bits per heavy atom. The molecule has 4 rings (SSSR count). The van der Waals surface area contributed by atoms with Crippen LogP contribution in [0.4, 0.5) is 30.7 Å². The second-order valence-corrected chi connectivity index (χ2v) is 12.0. The first-order chi connectivity index (χ1) is 18.9. The normalized spacial score (nSPS) is 20.2. The molecule has 8 nitrogen and oxygen atoms in total. The van der Waals surface area contributed by atoms with E-state index in [-0.39, 0.29) is 43.4 Å². The van der Waals surface area contributed by atoms with Crippen molar-refractivity contribution in [3.8, 4) is 0 Å². The lowest BCUT2D eigenvalue weighted by molar-refractivity contribution is -0.202. The highest BCUT2D eigenvalue weighted by Crippen LogP contribution is 2.49. The van der Waals surface area contributed by atoms with E-state index >= 15 is 4.39 Å². The van der Waals surface area contributed by atoms with Crippen LogP contribution in [0.2, 0.25) is 0 Å². The average Bonchev–Trinajstić information content (AvgIpc) is 3.61. The fourth-order valence-corrected chi connectivity index (χ4v) is 5.95. The van der Waals surface area contributed by atoms with Gasteiger partial charge in [0.15, 0.2) is 5.54 Å². The molecule has 0 saturated heterocycles. The number of nitrogens with one attached hydrogen (secondary N) is 2. The third kappa shape index (κ3) is 6.57. The molecule has 0 spiro atoms. The van der Waals surface area contributed by atoms with E-state index in [0.717, 1.165) is 18.2 Å². The van der Waals surface area contributed by atoms with Gasteiger partial charge in [0.25, 0.3) is 11.8 Å². The van der Waals surface area contributed by atoms with Gasteiger partial charge in [-0.3, -0.25) is 14.3 Å². The average molecular weight is 611 g/mol. The van der Waals surface area contributed by atoms with Crippen LogP contribution >= 0.6 is 0 Å². The largest absolute Gasteiger partial charge is 0.416 e. The van der Waals surface area contributed by atoms with Crippen LogP contribution in [0.5, 0.6) is 0 Å². The van der Waals surface area contributed by atoms with Crippen LogP contribution in [-0.4, -0.2) is 47.6 Å². The third-order valence-electron chi connectivity index (χ3n) is 6.90. The number of hydrogen-bond donors (Lipinski definition) is 2. The highest BCUT2D eigenvalue weighted by atomic mass is 32.2. The van der Waals surface area contributed by atoms with Crippen LogP contribution in [0.15, 0.2) is 36.0 Å². The van der Waals surface area contributed by atoms with E-state index in [1.54, 1.807) is 10.0 Å². The van der Waals surface area contributed by atoms with Crippen molar-refractivity contribution < 1.29 is 48.7 Å². The fourth-order valence-electron chi connectivity index (χ4n) is 4.67. The topological polar surface area (TPSA) is 110 Å². The number of carbonyl (C=O) groups excluding carboxylic acids is 2. The van der Waals surface area contributed by atoms with Crippen LogP contribution in [0.1, 0.15) is 55.3 Å². The number of nitrogens with zero attached hydrogens (tertiary/aromatic N) is 2. The summed E-state index contributed by atoms with van der Waals surface area (Å²) in [6.45, 7) is 0. The van der Waals surface area contributed by atoms with Crippen LogP contribution < -0.4 is 10.0 Å². The van der Waals surface area contributed by atoms with Crippen molar-refractivity contribution in [1.29, 1.82) is 0 Å². The Balaban J connectivity index is 1.74. The minimum absolute atomic E-state index is 0.00818. The number of unbranched alkanes of at least 4 members (excludes halogenated alkanes) is 1. The number of aryl methyl sites for hydroxylation is 2. The van der Waals surface area contributed by atoms with Gasteiger partial charge < -0.3 is 5.32 Å². The molecular weight excluding hydrogens is 585 g/mol. The van der Waals surface area contributed by atoms with E-state index < -0.39 is 80.3 Å². The summed E-state index contributed by atoms with van der Waals surface area (Å²) in [6.07, 6.45) is -10.4. The Morgan fingerprint density at radius 3 is 2.37 bits per heavy atom. The van der Waals surface area contributed by atoms with E-state index in [1.165, 1.54) is 24.0 Å². The molecule has 0 unspecified atom stereocenters. The number of rotatable bonds is 9. The number of hydrogen-bond acceptors (Lipinski definition) is 5. The van der Waals surface area contributed by atoms with Gasteiger partial charge in [-0.15, -0.1) is 0 Å². The highest BCUT2D eigenvalue weighted by molar-refractivity contribution is 7.91. The Kier molecular flexibility index (Phi) is 8.01. The first-order valence-electron chi connectivity index (χ1n) is 12.5. The number of benzene rings is 1. The quantitative estimate of drug-likeness (QED) is 0.252. The lowest BCUT2D eigenvalue weighted by Gasteiger charge is -2.41. The smallest absolute Gasteiger partial charge is 0.334 e. The molecule has 41 heavy (non-hydrogen) atoms. The lowest BCUT2D eigenvalue weighted by atomic mass is 9.77. The number of sulfonamides is 1. The Morgan fingerprint density at radius 2 is 1.83 bits per heavy atom. The van der Waals surface area contributed by atoms with Crippen molar-refractivity contribution in [3.05, 3.63) is 58.7 Å². The molecule has 0 radical (unpaired) electrons. The molecule has 16 heteroatoms. The summed E-state index contributed by atoms with van der Waals surface area (Å²) in [7, 11) is -2.76. The van der Waals surface area contributed by atoms with E-state index in [1.807, 2.05) is 0 Å². The first-order valence-corrected chi connectivity index (χ1v) is 14.0. The molecular formula is C25H25F7N4O4S. The van der Waals surface area contributed by atoms with Crippen molar-refractivity contribution in [2.45, 2.75) is 68.1 Å². The van der Waals surface area contributed by atoms with Gasteiger partial charge in [-0.1, -0.05) is 12.1 Å². The molecule has 2 N–H and O–H groups in total. The maximum atomic E-state index is 15.3. The molecule has 1 aromatic heterocycles. The second-order valence-electron chi connectivity index (χ2n) is 10.1. The molecule has 1 saturated carbocycles. The third-order valence-corrected chi connectivity index (χ3v) is 8.72. The molecule has 2 amide bonds. The van der Waals surface area contributed by atoms with Gasteiger partial charge in [0.05, 0.1) is 10.9 Å². The van der Waals surface area contributed by atoms with Gasteiger partial charge in [0.2, 0.25) is 10.0 Å². The summed E-state index contributed by atoms with van der Waals surface area (Å²) < 4.78 is 124. The summed E-state index contributed by atoms with van der Waals surface area (Å²) in [5.41, 5.74) is -5.91. The molecule has 1 aliphatic heterocycles. The maximum Gasteiger partial charge on any atom is 0.416 e. The number of aromatic nitrogens is 2. The van der Waals surface area contributed by atoms with Crippen LogP contribution in [0.3, 0.4) is 0 Å². The molecule has 1 aliphatic carbocycles. The minimum atomic E-state index is -5.32. The zero-order valence-corrected chi connectivity index (χ0v) is 22.3. The summed E-state index contributed by atoms with van der Waals surface area (Å²) in [5.74, 6) is -4.41. The maximum absolute atomic E-state index is 15.3. The number of halogens is 7. The molecule has 1 aromatic carbocycles. The van der Waals surface area contributed by atoms with Gasteiger partial charge in [-0.25, -0.2) is 17.5 Å². The number of carbonyl (C=O) groups is 2. The Labute approximate surface area is 230 Å². The standard InChI is InChI=1S/C25H25F7N4O4S/c1-36-11-9-19(34-36)16-13-23(25(30,31)32,33-21(37)20(16)22(38)35-41(39,40)15-6-7-15)17-8-5-14(12-18(17)26)4-2-3-10-24(27,28)29/h5,8-9,11-12,15H,2-4,6-7,10,13H2,1H3,(H,33,37)(H,35,38)/t23-/m0/s1. The molecule has 1 fully saturated rings. The van der Waals surface area contributed by atoms with Crippen molar-refractivity contribution in [2.75, 3.05) is 0 Å². The fraction of sp³-hybridized carbons (Fsp3) is 0.480. The SMILES string of the molecule is Cn1ccc(C2=C(C(=O)NS(=O)(=O)C3CC3)C(=O)N[C@@](c3ccc(CCCCC(F)(F)F)cc3F)(C(F)(F)F)C2)n1. The van der Waals surface area contributed by atoms with Gasteiger partial charge in [-0.2, -0.15) is 31.4 Å². The predicted octanol–water partition coefficient (Wildman–Crippen LogP) is 4.17. The van der Waals surface area contributed by atoms with Crippen molar-refractivity contribution in [3.63, 3.8) is 0 Å². The van der Waals surface area contributed by atoms with Gasteiger partial charge in [-0.05, 0) is 49.8 Å². The van der Waals surface area contributed by atoms with E-state index in [4.69, 9.17) is 0 Å². The van der Waals surface area contributed by atoms with Crippen molar-refractivity contribution >= 4 is 27.4 Å². The molecule has 0 bridgehead atoms. The highest BCUT2D eigenvalue weighted by Gasteiger charge is 2.61. The zero-order valence-electron chi connectivity index (χ0n) is 21.5. The Hall–Kier alpha value is -3.43. The second kappa shape index (κ2) is 10.8. The Bertz CT molecular complexity index is 1490. The van der Waals surface area contributed by atoms with E-state index in [2.05, 4.69) is 5.10 Å². The van der Waals surface area contributed by atoms with E-state index in [9.17, 15) is 44.3 Å². The lowest BCUT2D eigenvalue weighted by Crippen LogP contribution is -2.60. The van der Waals surface area contributed by atoms with Crippen LogP contribution in [0.25, 0.3) is 5.57 Å². The predicted molar refractivity (Wildman–Crippen MR) is 131 cm³/mol. The van der Waals surface area contributed by atoms with Crippen molar-refractivity contribution in [2.24, 2.45) is 7.05 Å². The molecule has 224 valence electrons. The molecule has 2 aromatic rings. The van der Waals surface area contributed by atoms with Crippen LogP contribution in [0, 0.1) is 5.82 Å². The van der Waals surface area contributed by atoms with Gasteiger partial charge in [0.1, 0.15) is 11.4 Å². The van der Waals surface area contributed by atoms with Crippen molar-refractivity contribution in [1.82, 2.24) is 19.8 Å². The molecule has 2 aliphatic rings. The summed E-state index contributed by atoms with van der Waals surface area (Å²) in [4.78, 5) is 26.2. The summed E-state index contributed by atoms with van der Waals surface area (Å²) >= 11 is 0. The summed E-state index contributed by atoms with van der Waals surface area (Å²) in [5, 5.41) is 4.83. The first kappa shape index (κ1) is 30.5. The zero-order chi connectivity index (χ0) is 30.4. The van der Waals surface area contributed by atoms with Gasteiger partial charge >= 0.3 is 12.4 Å². The monoisotopic (exact) mass is 610 g/mol. The molecule has 2 heterocycles. The minimum Gasteiger partial charge on any atom is -0.334 e. The van der Waals surface area contributed by atoms with Gasteiger partial charge in [0, 0.05) is 37.2 Å². The summed E-state index contributed by atoms with van der Waals surface area (Å²) in [6, 6.07) is 3.90. The van der Waals surface area contributed by atoms with E-state index in [0.29, 0.717) is 0 Å². The number of alkyl halides is 6.